The van der Waals surface area contributed by atoms with E-state index in [1.54, 1.807) is 0 Å². The number of halogens is 1. The van der Waals surface area contributed by atoms with E-state index < -0.39 is 16.8 Å². The van der Waals surface area contributed by atoms with Crippen LogP contribution in [0.1, 0.15) is 19.3 Å². The first-order valence-electron chi connectivity index (χ1n) is 6.77. The summed E-state index contributed by atoms with van der Waals surface area (Å²) in [7, 11) is 0. The van der Waals surface area contributed by atoms with Gasteiger partial charge in [-0.2, -0.15) is 0 Å². The van der Waals surface area contributed by atoms with E-state index in [9.17, 15) is 0 Å². The predicted octanol–water partition coefficient (Wildman–Crippen LogP) is 2.29. The van der Waals surface area contributed by atoms with Crippen LogP contribution in [0.15, 0.2) is 0 Å². The summed E-state index contributed by atoms with van der Waals surface area (Å²) in [4.78, 5) is 0. The molecule has 1 heterocycles. The Bertz CT molecular complexity index is 173. The van der Waals surface area contributed by atoms with Crippen LogP contribution in [0, 0.1) is 0 Å². The molecule has 0 aromatic heterocycles. The Morgan fingerprint density at radius 1 is 0.765 bits per heavy atom. The van der Waals surface area contributed by atoms with Gasteiger partial charge in [0.2, 0.25) is 0 Å². The van der Waals surface area contributed by atoms with Gasteiger partial charge in [-0.25, -0.2) is 0 Å². The van der Waals surface area contributed by atoms with Gasteiger partial charge in [0.25, 0.3) is 0 Å². The van der Waals surface area contributed by atoms with Crippen LogP contribution in [0.3, 0.4) is 0 Å². The fourth-order valence-corrected chi connectivity index (χ4v) is 4.75. The predicted molar refractivity (Wildman–Crippen MR) is 76.0 cm³/mol. The average Bonchev–Trinajstić information content (AvgIpc) is 2.16. The Morgan fingerprint density at radius 2 is 1.18 bits per heavy atom. The zero-order valence-corrected chi connectivity index (χ0v) is 14.1. The maximum absolute atomic E-state index is 3.53. The van der Waals surface area contributed by atoms with Crippen molar-refractivity contribution in [1.29, 1.82) is 0 Å². The van der Waals surface area contributed by atoms with Crippen molar-refractivity contribution in [1.82, 2.24) is 14.0 Å². The van der Waals surface area contributed by atoms with Crippen molar-refractivity contribution in [2.45, 2.75) is 34.9 Å². The van der Waals surface area contributed by atoms with Crippen molar-refractivity contribution in [2.75, 3.05) is 39.3 Å². The van der Waals surface area contributed by atoms with Gasteiger partial charge in [0.15, 0.2) is 0 Å². The second kappa shape index (κ2) is 9.77. The van der Waals surface area contributed by atoms with Crippen LogP contribution in [-0.4, -0.2) is 42.7 Å². The quantitative estimate of drug-likeness (QED) is 0.728. The van der Waals surface area contributed by atoms with Crippen LogP contribution in [0.4, 0.5) is 0 Å². The Labute approximate surface area is 117 Å². The number of nitrogens with one attached hydrogen (secondary N) is 2. The van der Waals surface area contributed by atoms with Crippen molar-refractivity contribution < 1.29 is 16.8 Å². The molecule has 0 unspecified atom stereocenters. The number of rotatable bonds is 1. The Hall–Kier alpha value is 0.884. The molecule has 5 heteroatoms. The number of hydrogen-bond donors (Lipinski definition) is 2. The fourth-order valence-electron chi connectivity index (χ4n) is 2.16. The molecule has 1 fully saturated rings. The standard InChI is InChI=1S/C9H20N3.3CH3.ClH.Ti/c1-4-10-6-2-8-12-9-3-7-11-5-1;;;;;/h10-11H,1-9H2;3*1H3;1H;/q-1;;;;;+1. The second-order valence-electron chi connectivity index (χ2n) is 5.72. The van der Waals surface area contributed by atoms with E-state index in [2.05, 4.69) is 29.7 Å². The third-order valence-corrected chi connectivity index (χ3v) is 6.88. The van der Waals surface area contributed by atoms with Gasteiger partial charge in [0.05, 0.1) is 0 Å². The van der Waals surface area contributed by atoms with Gasteiger partial charge >= 0.3 is 105 Å². The molecule has 3 nitrogen and oxygen atoms in total. The summed E-state index contributed by atoms with van der Waals surface area (Å²) in [6.07, 6.45) is 3.90. The van der Waals surface area contributed by atoms with Gasteiger partial charge < -0.3 is 0 Å². The molecule has 0 aromatic rings. The van der Waals surface area contributed by atoms with Gasteiger partial charge in [0.1, 0.15) is 0 Å². The van der Waals surface area contributed by atoms with Crippen molar-refractivity contribution in [3.8, 4) is 0 Å². The normalized spacial score (nSPS) is 22.1. The van der Waals surface area contributed by atoms with Crippen molar-refractivity contribution >= 4 is 12.4 Å². The minimum atomic E-state index is -1.59. The summed E-state index contributed by atoms with van der Waals surface area (Å²) in [6, 6.07) is 0. The molecule has 17 heavy (non-hydrogen) atoms. The zero-order valence-electron chi connectivity index (χ0n) is 11.7. The zero-order chi connectivity index (χ0) is 11.9. The van der Waals surface area contributed by atoms with Crippen LogP contribution >= 0.6 is 12.4 Å². The summed E-state index contributed by atoms with van der Waals surface area (Å²) in [5, 5.41) is 14.6. The summed E-state index contributed by atoms with van der Waals surface area (Å²) >= 11 is -1.59. The third-order valence-electron chi connectivity index (χ3n) is 3.22. The van der Waals surface area contributed by atoms with Gasteiger partial charge in [-0.3, -0.25) is 0 Å². The Kier molecular flexibility index (Phi) is 10.3. The van der Waals surface area contributed by atoms with Crippen LogP contribution in [0.25, 0.3) is 0 Å². The topological polar surface area (TPSA) is 27.3 Å². The monoisotopic (exact) mass is 299 g/mol. The van der Waals surface area contributed by atoms with E-state index in [1.165, 1.54) is 58.5 Å². The van der Waals surface area contributed by atoms with Crippen LogP contribution in [0.2, 0.25) is 15.7 Å². The fraction of sp³-hybridized carbons (Fsp3) is 1.00. The van der Waals surface area contributed by atoms with Crippen molar-refractivity contribution in [3.05, 3.63) is 0 Å². The average molecular weight is 300 g/mol. The van der Waals surface area contributed by atoms with E-state index in [0.717, 1.165) is 0 Å². The first-order valence-corrected chi connectivity index (χ1v) is 12.2. The van der Waals surface area contributed by atoms with Crippen LogP contribution in [-0.2, 0) is 16.8 Å². The minimum absolute atomic E-state index is 0. The molecule has 0 saturated carbocycles. The van der Waals surface area contributed by atoms with E-state index in [-0.39, 0.29) is 12.4 Å². The molecular formula is C12H30ClN3Ti. The second-order valence-corrected chi connectivity index (χ2v) is 13.5. The third kappa shape index (κ3) is 8.58. The summed E-state index contributed by atoms with van der Waals surface area (Å²) in [5.41, 5.74) is 0. The van der Waals surface area contributed by atoms with Gasteiger partial charge in [-0.1, -0.05) is 0 Å². The summed E-state index contributed by atoms with van der Waals surface area (Å²) in [6.45, 7) is 7.32. The first-order chi connectivity index (χ1) is 7.61. The van der Waals surface area contributed by atoms with Crippen LogP contribution < -0.4 is 10.6 Å². The Balaban J connectivity index is 0.00000256. The molecule has 0 spiro atoms. The molecule has 0 atom stereocenters. The number of nitrogens with zero attached hydrogens (tertiary/aromatic N) is 1. The molecule has 2 N–H and O–H groups in total. The Morgan fingerprint density at radius 3 is 1.59 bits per heavy atom. The van der Waals surface area contributed by atoms with Crippen molar-refractivity contribution in [2.24, 2.45) is 0 Å². The molecule has 1 aliphatic heterocycles. The number of hydrogen-bond acceptors (Lipinski definition) is 3. The van der Waals surface area contributed by atoms with Crippen LogP contribution in [0.5, 0.6) is 0 Å². The van der Waals surface area contributed by atoms with Gasteiger partial charge in [0, 0.05) is 0 Å². The summed E-state index contributed by atoms with van der Waals surface area (Å²) in [5.74, 6) is 0. The summed E-state index contributed by atoms with van der Waals surface area (Å²) < 4.78 is 2.80. The molecule has 1 saturated heterocycles. The maximum atomic E-state index is 3.53. The van der Waals surface area contributed by atoms with Gasteiger partial charge in [-0.05, 0) is 0 Å². The molecular weight excluding hydrogens is 269 g/mol. The SMILES string of the molecule is Cl.[CH3][Ti]([CH3])([CH3])[N]1CCCNCCCNCCC1. The molecule has 1 aliphatic rings. The van der Waals surface area contributed by atoms with Gasteiger partial charge in [-0.15, -0.1) is 12.4 Å². The molecule has 0 amide bonds. The van der Waals surface area contributed by atoms with E-state index in [4.69, 9.17) is 0 Å². The molecule has 0 aromatic carbocycles. The van der Waals surface area contributed by atoms with E-state index in [1.807, 2.05) is 0 Å². The molecule has 0 aliphatic carbocycles. The van der Waals surface area contributed by atoms with E-state index in [0.29, 0.717) is 0 Å². The first kappa shape index (κ1) is 17.9. The van der Waals surface area contributed by atoms with E-state index >= 15 is 0 Å². The molecule has 104 valence electrons. The molecule has 0 radical (unpaired) electrons. The molecule has 1 rings (SSSR count). The molecule has 0 bridgehead atoms. The van der Waals surface area contributed by atoms with Crippen molar-refractivity contribution in [3.63, 3.8) is 0 Å².